The maximum Gasteiger partial charge on any atom is 0.0109 e. The van der Waals surface area contributed by atoms with Crippen LogP contribution in [0.15, 0.2) is 0 Å². The Bertz CT molecular complexity index is 438. The molecule has 0 fully saturated rings. The average molecular weight is 588 g/mol. The van der Waals surface area contributed by atoms with Crippen LogP contribution in [0.1, 0.15) is 11.1 Å². The predicted molar refractivity (Wildman–Crippen MR) is 62.4 cm³/mol. The molecule has 18 heavy (non-hydrogen) atoms. The van der Waals surface area contributed by atoms with Crippen molar-refractivity contribution in [2.45, 2.75) is 13.8 Å². The molecule has 4 N–H and O–H groups in total. The van der Waals surface area contributed by atoms with Crippen molar-refractivity contribution < 1.29 is 42.1 Å². The molecule has 0 aliphatic carbocycles. The third kappa shape index (κ3) is 5.36. The number of hydrogen-bond acceptors (Lipinski definition) is 4. The van der Waals surface area contributed by atoms with Gasteiger partial charge in [-0.1, -0.05) is 13.8 Å². The molecule has 0 unspecified atom stereocenters. The van der Waals surface area contributed by atoms with Crippen molar-refractivity contribution in [2.24, 2.45) is 14.1 Å². The monoisotopic (exact) mass is 588 g/mol. The smallest absolute Gasteiger partial charge is 0.0109 e. The summed E-state index contributed by atoms with van der Waals surface area (Å²) >= 11 is 0. The topological polar surface area (TPSA) is 87.7 Å². The maximum atomic E-state index is 5.47. The normalized spacial score (nSPS) is 8.67. The molecule has 0 amide bonds. The fourth-order valence-corrected chi connectivity index (χ4v) is 1.07. The van der Waals surface area contributed by atoms with Crippen LogP contribution < -0.4 is 11.5 Å². The summed E-state index contributed by atoms with van der Waals surface area (Å²) in [6.45, 7) is 3.75. The van der Waals surface area contributed by atoms with Crippen LogP contribution in [-0.4, -0.2) is 19.6 Å². The van der Waals surface area contributed by atoms with Crippen molar-refractivity contribution in [1.82, 2.24) is 19.6 Å². The Morgan fingerprint density at radius 1 is 1.06 bits per heavy atom. The third-order valence-electron chi connectivity index (χ3n) is 2.07. The largest absolute Gasteiger partial charge is 0.460 e. The second-order valence-electron chi connectivity index (χ2n) is 3.49. The number of hydrogen-bond donors (Lipinski definition) is 2. The molecule has 100 valence electrons. The van der Waals surface area contributed by atoms with E-state index in [1.54, 1.807) is 23.5 Å². The van der Waals surface area contributed by atoms with Gasteiger partial charge in [0.25, 0.3) is 0 Å². The van der Waals surface area contributed by atoms with E-state index >= 15 is 0 Å². The second-order valence-corrected chi connectivity index (χ2v) is 3.49. The van der Waals surface area contributed by atoms with E-state index in [1.807, 2.05) is 13.8 Å². The van der Waals surface area contributed by atoms with E-state index in [-0.39, 0.29) is 42.1 Å². The number of nitrogen functional groups attached to an aromatic ring is 2. The second kappa shape index (κ2) is 8.49. The molecule has 8 heteroatoms. The van der Waals surface area contributed by atoms with Gasteiger partial charge in [-0.2, -0.15) is 11.1 Å². The number of anilines is 2. The van der Waals surface area contributed by atoms with Crippen LogP contribution in [-0.2, 0) is 56.2 Å². The molecular formula is C10H16N6W2-2. The number of nitrogens with two attached hydrogens (primary N) is 2. The fourth-order valence-electron chi connectivity index (χ4n) is 1.07. The van der Waals surface area contributed by atoms with Gasteiger partial charge in [0.2, 0.25) is 0 Å². The molecule has 0 aliphatic rings. The molecule has 0 radical (unpaired) electrons. The molecule has 0 aliphatic heterocycles. The molecule has 0 bridgehead atoms. The van der Waals surface area contributed by atoms with Gasteiger partial charge < -0.3 is 25.9 Å². The predicted octanol–water partition coefficient (Wildman–Crippen LogP) is 0.217. The van der Waals surface area contributed by atoms with E-state index in [1.165, 1.54) is 0 Å². The first-order valence-electron chi connectivity index (χ1n) is 4.77. The van der Waals surface area contributed by atoms with E-state index in [0.29, 0.717) is 11.6 Å². The molecule has 6 nitrogen and oxygen atoms in total. The summed E-state index contributed by atoms with van der Waals surface area (Å²) in [6, 6.07) is 0. The van der Waals surface area contributed by atoms with Gasteiger partial charge in [0.05, 0.1) is 0 Å². The van der Waals surface area contributed by atoms with Crippen molar-refractivity contribution in [3.8, 4) is 0 Å². The minimum atomic E-state index is 0. The van der Waals surface area contributed by atoms with Gasteiger partial charge in [-0.05, 0) is 11.6 Å². The molecule has 2 rings (SSSR count). The Morgan fingerprint density at radius 2 is 1.61 bits per heavy atom. The van der Waals surface area contributed by atoms with E-state index in [2.05, 4.69) is 22.6 Å². The number of aryl methyl sites for hydroxylation is 4. The maximum absolute atomic E-state index is 5.47. The molecule has 0 saturated heterocycles. The van der Waals surface area contributed by atoms with Crippen LogP contribution in [0.5, 0.6) is 0 Å². The standard InChI is InChI=1S/2C5H8N3.2W/c1-4-3-8(2)7-5(4)6;1-4-3-7-8(2)5(4)6;;/h1-2H3,(H2,6,7);6H2,1-2H3;;/q2*-1;;. The molecule has 0 atom stereocenters. The first-order valence-corrected chi connectivity index (χ1v) is 4.77. The summed E-state index contributed by atoms with van der Waals surface area (Å²) in [4.78, 5) is 0. The van der Waals surface area contributed by atoms with Gasteiger partial charge in [0.1, 0.15) is 0 Å². The van der Waals surface area contributed by atoms with Crippen LogP contribution in [0.3, 0.4) is 0 Å². The van der Waals surface area contributed by atoms with Crippen LogP contribution in [0, 0.1) is 26.2 Å². The zero-order chi connectivity index (χ0) is 12.3. The summed E-state index contributed by atoms with van der Waals surface area (Å²) in [5.41, 5.74) is 12.7. The summed E-state index contributed by atoms with van der Waals surface area (Å²) in [7, 11) is 3.59. The Morgan fingerprint density at radius 3 is 1.72 bits per heavy atom. The van der Waals surface area contributed by atoms with Gasteiger partial charge in [0, 0.05) is 56.2 Å². The Kier molecular flexibility index (Phi) is 9.31. The first-order chi connectivity index (χ1) is 7.41. The van der Waals surface area contributed by atoms with Crippen molar-refractivity contribution in [2.75, 3.05) is 11.5 Å². The number of rotatable bonds is 0. The minimum Gasteiger partial charge on any atom is -0.460 e. The molecule has 0 spiro atoms. The molecule has 0 saturated carbocycles. The van der Waals surface area contributed by atoms with Crippen LogP contribution in [0.25, 0.3) is 0 Å². The van der Waals surface area contributed by atoms with Crippen LogP contribution in [0.2, 0.25) is 0 Å². The van der Waals surface area contributed by atoms with Crippen molar-refractivity contribution in [3.63, 3.8) is 0 Å². The Labute approximate surface area is 136 Å². The molecule has 2 heterocycles. The van der Waals surface area contributed by atoms with Crippen molar-refractivity contribution >= 4 is 11.6 Å². The number of nitrogens with zero attached hydrogens (tertiary/aromatic N) is 4. The van der Waals surface area contributed by atoms with Crippen LogP contribution >= 0.6 is 0 Å². The summed E-state index contributed by atoms with van der Waals surface area (Å²) in [5, 5.41) is 7.63. The van der Waals surface area contributed by atoms with Crippen molar-refractivity contribution in [1.29, 1.82) is 0 Å². The Balaban J connectivity index is 0. The van der Waals surface area contributed by atoms with Gasteiger partial charge in [-0.15, -0.1) is 12.4 Å². The molecule has 0 aromatic carbocycles. The summed E-state index contributed by atoms with van der Waals surface area (Å²) in [5.74, 6) is 1.25. The number of aromatic nitrogens is 4. The van der Waals surface area contributed by atoms with E-state index in [9.17, 15) is 0 Å². The van der Waals surface area contributed by atoms with Crippen molar-refractivity contribution in [3.05, 3.63) is 23.5 Å². The Hall–Kier alpha value is -0.603. The van der Waals surface area contributed by atoms with E-state index in [4.69, 9.17) is 11.5 Å². The van der Waals surface area contributed by atoms with Gasteiger partial charge in [0.15, 0.2) is 0 Å². The van der Waals surface area contributed by atoms with Crippen LogP contribution in [0.4, 0.5) is 11.6 Å². The van der Waals surface area contributed by atoms with E-state index < -0.39 is 0 Å². The molecule has 2 aromatic heterocycles. The minimum absolute atomic E-state index is 0. The summed E-state index contributed by atoms with van der Waals surface area (Å²) < 4.78 is 3.17. The van der Waals surface area contributed by atoms with Gasteiger partial charge in [-0.3, -0.25) is 5.10 Å². The molecule has 2 aromatic rings. The van der Waals surface area contributed by atoms with E-state index in [0.717, 1.165) is 11.1 Å². The molecular weight excluding hydrogens is 572 g/mol. The SMILES string of the molecule is Cc1[c-]n(C)nc1N.Cc1[c-]nn(C)c1N.[W].[W]. The third-order valence-corrected chi connectivity index (χ3v) is 2.07. The first kappa shape index (κ1) is 19.7. The zero-order valence-corrected chi connectivity index (χ0v) is 16.6. The average Bonchev–Trinajstić information content (AvgIpc) is 2.65. The summed E-state index contributed by atoms with van der Waals surface area (Å²) in [6.07, 6.45) is 5.61. The quantitative estimate of drug-likeness (QED) is 0.432. The zero-order valence-electron chi connectivity index (χ0n) is 10.8. The van der Waals surface area contributed by atoms with Gasteiger partial charge >= 0.3 is 0 Å². The van der Waals surface area contributed by atoms with Gasteiger partial charge in [-0.25, -0.2) is 0 Å². The fraction of sp³-hybridized carbons (Fsp3) is 0.400.